The molecule has 5 nitrogen and oxygen atoms in total. The normalized spacial score (nSPS) is 32.3. The number of fused-ring (bicyclic) bond motifs is 1. The number of amides is 1. The average molecular weight is 225 g/mol. The molecule has 1 amide bonds. The molecular formula is C11H15NO4. The Hall–Kier alpha value is -1.52. The van der Waals surface area contributed by atoms with Gasteiger partial charge < -0.3 is 14.7 Å². The minimum absolute atomic E-state index is 0.00843. The van der Waals surface area contributed by atoms with Crippen LogP contribution < -0.4 is 0 Å². The number of methoxy groups -OCH3 is 1. The number of hydrogen-bond acceptors (Lipinski definition) is 3. The van der Waals surface area contributed by atoms with E-state index in [-0.39, 0.29) is 12.5 Å². The van der Waals surface area contributed by atoms with Crippen molar-refractivity contribution in [2.24, 2.45) is 11.3 Å². The summed E-state index contributed by atoms with van der Waals surface area (Å²) in [5.74, 6) is -0.803. The van der Waals surface area contributed by atoms with Crippen molar-refractivity contribution in [2.75, 3.05) is 20.2 Å². The Bertz CT molecular complexity index is 352. The number of ether oxygens (including phenoxy) is 1. The van der Waals surface area contributed by atoms with E-state index < -0.39 is 17.5 Å². The molecule has 0 saturated carbocycles. The van der Waals surface area contributed by atoms with Gasteiger partial charge in [-0.25, -0.2) is 4.79 Å². The second-order valence-electron chi connectivity index (χ2n) is 4.42. The topological polar surface area (TPSA) is 66.8 Å². The number of carbonyl (C=O) groups is 2. The molecule has 1 aliphatic carbocycles. The number of hydrogen-bond donors (Lipinski definition) is 1. The molecular weight excluding hydrogens is 210 g/mol. The molecule has 16 heavy (non-hydrogen) atoms. The van der Waals surface area contributed by atoms with Gasteiger partial charge in [0.1, 0.15) is 0 Å². The third kappa shape index (κ3) is 1.47. The first-order chi connectivity index (χ1) is 7.60. The van der Waals surface area contributed by atoms with Crippen LogP contribution in [0.25, 0.3) is 0 Å². The number of carbonyl (C=O) groups excluding carboxylic acids is 1. The van der Waals surface area contributed by atoms with E-state index in [9.17, 15) is 14.7 Å². The lowest BCUT2D eigenvalue weighted by Gasteiger charge is -2.30. The van der Waals surface area contributed by atoms with Crippen molar-refractivity contribution in [3.8, 4) is 0 Å². The lowest BCUT2D eigenvalue weighted by atomic mass is 9.71. The molecule has 2 unspecified atom stereocenters. The zero-order valence-electron chi connectivity index (χ0n) is 9.18. The first-order valence-corrected chi connectivity index (χ1v) is 5.31. The van der Waals surface area contributed by atoms with Gasteiger partial charge in [0.25, 0.3) is 0 Å². The average Bonchev–Trinajstić information content (AvgIpc) is 2.68. The zero-order chi connectivity index (χ0) is 11.8. The van der Waals surface area contributed by atoms with E-state index in [0.29, 0.717) is 13.0 Å². The Kier molecular flexibility index (Phi) is 2.61. The maximum atomic E-state index is 11.4. The van der Waals surface area contributed by atoms with Gasteiger partial charge in [-0.1, -0.05) is 12.2 Å². The van der Waals surface area contributed by atoms with Crippen LogP contribution in [-0.2, 0) is 9.53 Å². The number of rotatable bonds is 1. The van der Waals surface area contributed by atoms with E-state index in [0.717, 1.165) is 6.42 Å². The number of carboxylic acid groups (broad SMARTS) is 1. The minimum Gasteiger partial charge on any atom is -0.481 e. The van der Waals surface area contributed by atoms with E-state index in [4.69, 9.17) is 0 Å². The summed E-state index contributed by atoms with van der Waals surface area (Å²) < 4.78 is 4.64. The van der Waals surface area contributed by atoms with Crippen LogP contribution in [0.3, 0.4) is 0 Å². The van der Waals surface area contributed by atoms with E-state index in [2.05, 4.69) is 4.74 Å². The molecule has 1 aliphatic heterocycles. The lowest BCUT2D eigenvalue weighted by molar-refractivity contribution is -0.150. The molecule has 0 aromatic rings. The SMILES string of the molecule is COC(=O)N1CC2CC=CCC2(C(=O)O)C1. The van der Waals surface area contributed by atoms with Crippen molar-refractivity contribution < 1.29 is 19.4 Å². The molecule has 2 rings (SSSR count). The van der Waals surface area contributed by atoms with E-state index >= 15 is 0 Å². The van der Waals surface area contributed by atoms with Gasteiger partial charge in [-0.2, -0.15) is 0 Å². The third-order valence-electron chi connectivity index (χ3n) is 3.62. The van der Waals surface area contributed by atoms with E-state index in [1.807, 2.05) is 12.2 Å². The molecule has 0 radical (unpaired) electrons. The molecule has 0 aromatic heterocycles. The third-order valence-corrected chi connectivity index (χ3v) is 3.62. The summed E-state index contributed by atoms with van der Waals surface area (Å²) >= 11 is 0. The number of nitrogens with zero attached hydrogens (tertiary/aromatic N) is 1. The van der Waals surface area contributed by atoms with Gasteiger partial charge in [0.05, 0.1) is 12.5 Å². The molecule has 1 heterocycles. The molecule has 88 valence electrons. The van der Waals surface area contributed by atoms with Crippen molar-refractivity contribution in [1.29, 1.82) is 0 Å². The van der Waals surface area contributed by atoms with Gasteiger partial charge in [-0.15, -0.1) is 0 Å². The van der Waals surface area contributed by atoms with Gasteiger partial charge in [0.2, 0.25) is 0 Å². The van der Waals surface area contributed by atoms with Crippen LogP contribution in [-0.4, -0.2) is 42.3 Å². The summed E-state index contributed by atoms with van der Waals surface area (Å²) in [6.45, 7) is 0.729. The number of aliphatic carboxylic acids is 1. The van der Waals surface area contributed by atoms with Gasteiger partial charge >= 0.3 is 12.1 Å². The van der Waals surface area contributed by atoms with E-state index in [1.165, 1.54) is 12.0 Å². The Morgan fingerprint density at radius 1 is 1.50 bits per heavy atom. The Morgan fingerprint density at radius 2 is 2.25 bits per heavy atom. The second kappa shape index (κ2) is 3.81. The van der Waals surface area contributed by atoms with Crippen LogP contribution in [0, 0.1) is 11.3 Å². The summed E-state index contributed by atoms with van der Waals surface area (Å²) in [4.78, 5) is 24.3. The number of allylic oxidation sites excluding steroid dienone is 2. The van der Waals surface area contributed by atoms with Crippen LogP contribution in [0.2, 0.25) is 0 Å². The summed E-state index contributed by atoms with van der Waals surface area (Å²) in [5.41, 5.74) is -0.803. The second-order valence-corrected chi connectivity index (χ2v) is 4.42. The quantitative estimate of drug-likeness (QED) is 0.679. The van der Waals surface area contributed by atoms with Crippen LogP contribution in [0.15, 0.2) is 12.2 Å². The van der Waals surface area contributed by atoms with Crippen LogP contribution in [0.4, 0.5) is 4.79 Å². The van der Waals surface area contributed by atoms with Crippen molar-refractivity contribution in [3.05, 3.63) is 12.2 Å². The molecule has 2 atom stereocenters. The minimum atomic E-state index is -0.812. The summed E-state index contributed by atoms with van der Waals surface area (Å²) in [6, 6.07) is 0. The van der Waals surface area contributed by atoms with Crippen molar-refractivity contribution in [1.82, 2.24) is 4.90 Å². The first-order valence-electron chi connectivity index (χ1n) is 5.31. The Labute approximate surface area is 93.7 Å². The fourth-order valence-corrected chi connectivity index (χ4v) is 2.66. The summed E-state index contributed by atoms with van der Waals surface area (Å²) in [6.07, 6.45) is 4.67. The summed E-state index contributed by atoms with van der Waals surface area (Å²) in [5, 5.41) is 9.36. The molecule has 0 aromatic carbocycles. The van der Waals surface area contributed by atoms with Crippen LogP contribution in [0.1, 0.15) is 12.8 Å². The predicted molar refractivity (Wildman–Crippen MR) is 55.9 cm³/mol. The van der Waals surface area contributed by atoms with Gasteiger partial charge in [0, 0.05) is 13.1 Å². The van der Waals surface area contributed by atoms with E-state index in [1.54, 1.807) is 0 Å². The zero-order valence-corrected chi connectivity index (χ0v) is 9.18. The highest BCUT2D eigenvalue weighted by molar-refractivity contribution is 5.79. The highest BCUT2D eigenvalue weighted by atomic mass is 16.5. The number of carboxylic acids is 1. The Balaban J connectivity index is 2.23. The lowest BCUT2D eigenvalue weighted by Crippen LogP contribution is -2.40. The number of likely N-dealkylation sites (tertiary alicyclic amines) is 1. The summed E-state index contributed by atoms with van der Waals surface area (Å²) in [7, 11) is 1.32. The molecule has 1 saturated heterocycles. The largest absolute Gasteiger partial charge is 0.481 e. The predicted octanol–water partition coefficient (Wildman–Crippen LogP) is 1.11. The van der Waals surface area contributed by atoms with Gasteiger partial charge in [-0.05, 0) is 18.8 Å². The molecule has 2 aliphatic rings. The standard InChI is InChI=1S/C11H15NO4/c1-16-10(15)12-6-8-4-2-3-5-11(8,7-12)9(13)14/h2-3,8H,4-7H2,1H3,(H,13,14). The first kappa shape index (κ1) is 11.0. The maximum Gasteiger partial charge on any atom is 0.409 e. The van der Waals surface area contributed by atoms with Crippen LogP contribution in [0.5, 0.6) is 0 Å². The molecule has 5 heteroatoms. The molecule has 1 fully saturated rings. The molecule has 1 N–H and O–H groups in total. The molecule has 0 spiro atoms. The smallest absolute Gasteiger partial charge is 0.409 e. The van der Waals surface area contributed by atoms with Crippen LogP contribution >= 0.6 is 0 Å². The fourth-order valence-electron chi connectivity index (χ4n) is 2.66. The van der Waals surface area contributed by atoms with Crippen molar-refractivity contribution >= 4 is 12.1 Å². The fraction of sp³-hybridized carbons (Fsp3) is 0.636. The highest BCUT2D eigenvalue weighted by Gasteiger charge is 2.53. The molecule has 0 bridgehead atoms. The van der Waals surface area contributed by atoms with Crippen molar-refractivity contribution in [2.45, 2.75) is 12.8 Å². The van der Waals surface area contributed by atoms with Crippen molar-refractivity contribution in [3.63, 3.8) is 0 Å². The monoisotopic (exact) mass is 225 g/mol. The highest BCUT2D eigenvalue weighted by Crippen LogP contribution is 2.44. The Morgan fingerprint density at radius 3 is 2.81 bits per heavy atom. The van der Waals surface area contributed by atoms with Gasteiger partial charge in [0.15, 0.2) is 0 Å². The maximum absolute atomic E-state index is 11.4. The van der Waals surface area contributed by atoms with Gasteiger partial charge in [-0.3, -0.25) is 4.79 Å².